The molecule has 7 nitrogen and oxygen atoms in total. The van der Waals surface area contributed by atoms with E-state index >= 15 is 0 Å². The Morgan fingerprint density at radius 3 is 2.61 bits per heavy atom. The third-order valence-electron chi connectivity index (χ3n) is 4.53. The van der Waals surface area contributed by atoms with E-state index in [0.717, 1.165) is 23.4 Å². The minimum absolute atomic E-state index is 0.245. The monoisotopic (exact) mass is 432 g/mol. The number of H-pyrrole nitrogens is 1. The molecule has 3 aromatic heterocycles. The van der Waals surface area contributed by atoms with Crippen molar-refractivity contribution in [1.82, 2.24) is 29.9 Å². The molecule has 0 amide bonds. The first-order chi connectivity index (χ1) is 14.7. The second-order valence-electron chi connectivity index (χ2n) is 6.81. The highest BCUT2D eigenvalue weighted by molar-refractivity contribution is 5.81. The summed E-state index contributed by atoms with van der Waals surface area (Å²) in [6, 6.07) is 6.92. The molecule has 0 spiro atoms. The number of halogens is 4. The van der Waals surface area contributed by atoms with Crippen LogP contribution in [0.2, 0.25) is 0 Å². The highest BCUT2D eigenvalue weighted by atomic mass is 19.4. The molecule has 31 heavy (non-hydrogen) atoms. The van der Waals surface area contributed by atoms with Crippen molar-refractivity contribution >= 4 is 0 Å². The second kappa shape index (κ2) is 7.82. The van der Waals surface area contributed by atoms with Crippen LogP contribution in [0.15, 0.2) is 42.9 Å². The number of aryl methyl sites for hydroxylation is 2. The summed E-state index contributed by atoms with van der Waals surface area (Å²) < 4.78 is 58.4. The van der Waals surface area contributed by atoms with E-state index in [0.29, 0.717) is 22.8 Å². The topological polar surface area (TPSA) is 81.5 Å². The van der Waals surface area contributed by atoms with Crippen molar-refractivity contribution < 1.29 is 22.3 Å². The molecule has 4 rings (SSSR count). The number of alkyl halides is 3. The SMILES string of the molecule is Cc1[nH]nnc1-c1ccnc(-c2ncn(C)c2-c2ccc(F)cc2OCC(F)(F)F)c1. The van der Waals surface area contributed by atoms with Crippen molar-refractivity contribution in [2.45, 2.75) is 13.1 Å². The molecule has 0 saturated carbocycles. The fourth-order valence-electron chi connectivity index (χ4n) is 3.17. The molecule has 4 aromatic rings. The molecule has 0 saturated heterocycles. The lowest BCUT2D eigenvalue weighted by Crippen LogP contribution is -2.19. The number of aromatic amines is 1. The summed E-state index contributed by atoms with van der Waals surface area (Å²) in [5.74, 6) is -0.961. The van der Waals surface area contributed by atoms with Crippen LogP contribution < -0.4 is 4.74 Å². The average molecular weight is 432 g/mol. The number of nitrogens with one attached hydrogen (secondary N) is 1. The van der Waals surface area contributed by atoms with E-state index < -0.39 is 18.6 Å². The number of aromatic nitrogens is 6. The Kier molecular flexibility index (Phi) is 5.17. The number of ether oxygens (including phenoxy) is 1. The highest BCUT2D eigenvalue weighted by Gasteiger charge is 2.29. The van der Waals surface area contributed by atoms with Gasteiger partial charge in [-0.2, -0.15) is 13.2 Å². The van der Waals surface area contributed by atoms with Gasteiger partial charge in [-0.1, -0.05) is 5.21 Å². The van der Waals surface area contributed by atoms with Crippen LogP contribution in [0.4, 0.5) is 17.6 Å². The minimum Gasteiger partial charge on any atom is -0.483 e. The Labute approximate surface area is 173 Å². The third kappa shape index (κ3) is 4.25. The Morgan fingerprint density at radius 2 is 1.90 bits per heavy atom. The summed E-state index contributed by atoms with van der Waals surface area (Å²) in [7, 11) is 1.67. The van der Waals surface area contributed by atoms with Crippen LogP contribution in [0.1, 0.15) is 5.69 Å². The molecule has 0 aliphatic heterocycles. The smallest absolute Gasteiger partial charge is 0.422 e. The number of nitrogens with zero attached hydrogens (tertiary/aromatic N) is 5. The molecule has 3 heterocycles. The van der Waals surface area contributed by atoms with Crippen LogP contribution in [-0.4, -0.2) is 42.7 Å². The van der Waals surface area contributed by atoms with E-state index in [9.17, 15) is 17.6 Å². The van der Waals surface area contributed by atoms with Crippen molar-refractivity contribution in [3.05, 3.63) is 54.4 Å². The molecule has 0 aliphatic carbocycles. The summed E-state index contributed by atoms with van der Waals surface area (Å²) in [4.78, 5) is 8.72. The van der Waals surface area contributed by atoms with Crippen LogP contribution in [0.25, 0.3) is 33.9 Å². The number of hydrogen-bond donors (Lipinski definition) is 1. The fourth-order valence-corrected chi connectivity index (χ4v) is 3.17. The third-order valence-corrected chi connectivity index (χ3v) is 4.53. The van der Waals surface area contributed by atoms with E-state index in [-0.39, 0.29) is 11.3 Å². The van der Waals surface area contributed by atoms with Gasteiger partial charge in [-0.25, -0.2) is 9.37 Å². The average Bonchev–Trinajstić information content (AvgIpc) is 3.32. The molecule has 0 bridgehead atoms. The van der Waals surface area contributed by atoms with Crippen molar-refractivity contribution in [2.24, 2.45) is 7.05 Å². The molecule has 0 unspecified atom stereocenters. The molecule has 160 valence electrons. The highest BCUT2D eigenvalue weighted by Crippen LogP contribution is 2.37. The van der Waals surface area contributed by atoms with Crippen LogP contribution in [0, 0.1) is 12.7 Å². The van der Waals surface area contributed by atoms with Gasteiger partial charge in [-0.3, -0.25) is 10.1 Å². The molecule has 0 radical (unpaired) electrons. The van der Waals surface area contributed by atoms with Gasteiger partial charge in [0.15, 0.2) is 6.61 Å². The van der Waals surface area contributed by atoms with E-state index in [1.165, 1.54) is 12.4 Å². The number of pyridine rings is 1. The van der Waals surface area contributed by atoms with Crippen LogP contribution >= 0.6 is 0 Å². The first-order valence-electron chi connectivity index (χ1n) is 9.08. The summed E-state index contributed by atoms with van der Waals surface area (Å²) in [5, 5.41) is 10.6. The predicted molar refractivity (Wildman–Crippen MR) is 103 cm³/mol. The maximum atomic E-state index is 13.8. The molecule has 11 heteroatoms. The lowest BCUT2D eigenvalue weighted by molar-refractivity contribution is -0.153. The summed E-state index contributed by atoms with van der Waals surface area (Å²) in [5.41, 5.74) is 3.68. The minimum atomic E-state index is -4.57. The van der Waals surface area contributed by atoms with E-state index in [4.69, 9.17) is 4.74 Å². The van der Waals surface area contributed by atoms with Gasteiger partial charge in [0.2, 0.25) is 0 Å². The summed E-state index contributed by atoms with van der Waals surface area (Å²) in [6.45, 7) is 0.278. The Morgan fingerprint density at radius 1 is 1.10 bits per heavy atom. The normalized spacial score (nSPS) is 11.7. The quantitative estimate of drug-likeness (QED) is 0.475. The largest absolute Gasteiger partial charge is 0.483 e. The van der Waals surface area contributed by atoms with Gasteiger partial charge in [-0.15, -0.1) is 5.10 Å². The van der Waals surface area contributed by atoms with Crippen molar-refractivity contribution in [3.63, 3.8) is 0 Å². The lowest BCUT2D eigenvalue weighted by Gasteiger charge is -2.15. The zero-order valence-electron chi connectivity index (χ0n) is 16.4. The molecule has 0 fully saturated rings. The molecule has 0 aliphatic rings. The maximum absolute atomic E-state index is 13.8. The summed E-state index contributed by atoms with van der Waals surface area (Å²) in [6.07, 6.45) is -1.50. The van der Waals surface area contributed by atoms with Crippen LogP contribution in [0.5, 0.6) is 5.75 Å². The standard InChI is InChI=1S/C20H16F4N6O/c1-11-17(28-29-27-11)12-5-6-25-15(7-12)18-19(30(2)10-26-18)14-4-3-13(21)8-16(14)31-9-20(22,23)24/h3-8,10H,9H2,1-2H3,(H,27,28,29). The first-order valence-corrected chi connectivity index (χ1v) is 9.08. The zero-order valence-corrected chi connectivity index (χ0v) is 16.4. The van der Waals surface area contributed by atoms with E-state index in [2.05, 4.69) is 25.4 Å². The number of imidazole rings is 1. The molecule has 1 N–H and O–H groups in total. The number of rotatable bonds is 5. The molecule has 0 atom stereocenters. The predicted octanol–water partition coefficient (Wildman–Crippen LogP) is 4.32. The van der Waals surface area contributed by atoms with Gasteiger partial charge in [0.25, 0.3) is 0 Å². The molecule has 1 aromatic carbocycles. The van der Waals surface area contributed by atoms with Gasteiger partial charge < -0.3 is 9.30 Å². The Bertz CT molecular complexity index is 1230. The summed E-state index contributed by atoms with van der Waals surface area (Å²) >= 11 is 0. The van der Waals surface area contributed by atoms with Gasteiger partial charge >= 0.3 is 6.18 Å². The van der Waals surface area contributed by atoms with Crippen molar-refractivity contribution in [3.8, 4) is 39.7 Å². The van der Waals surface area contributed by atoms with Crippen molar-refractivity contribution in [2.75, 3.05) is 6.61 Å². The Hall–Kier alpha value is -3.76. The van der Waals surface area contributed by atoms with E-state index in [1.807, 2.05) is 6.92 Å². The molecular formula is C20H16F4N6O. The van der Waals surface area contributed by atoms with Crippen LogP contribution in [0.3, 0.4) is 0 Å². The van der Waals surface area contributed by atoms with Crippen LogP contribution in [-0.2, 0) is 7.05 Å². The fraction of sp³-hybridized carbons (Fsp3) is 0.200. The number of hydrogen-bond acceptors (Lipinski definition) is 5. The number of benzene rings is 1. The van der Waals surface area contributed by atoms with E-state index in [1.54, 1.807) is 29.9 Å². The second-order valence-corrected chi connectivity index (χ2v) is 6.81. The van der Waals surface area contributed by atoms with Gasteiger partial charge in [0.05, 0.1) is 23.4 Å². The van der Waals surface area contributed by atoms with Gasteiger partial charge in [0.1, 0.15) is 23.0 Å². The lowest BCUT2D eigenvalue weighted by atomic mass is 10.0. The first kappa shape index (κ1) is 20.5. The maximum Gasteiger partial charge on any atom is 0.422 e. The van der Waals surface area contributed by atoms with Gasteiger partial charge in [0, 0.05) is 30.4 Å². The zero-order chi connectivity index (χ0) is 22.2. The van der Waals surface area contributed by atoms with Gasteiger partial charge in [-0.05, 0) is 31.2 Å². The molecular weight excluding hydrogens is 416 g/mol. The van der Waals surface area contributed by atoms with Crippen molar-refractivity contribution in [1.29, 1.82) is 0 Å². The Balaban J connectivity index is 1.81.